The van der Waals surface area contributed by atoms with Crippen LogP contribution in [0.2, 0.25) is 0 Å². The molecule has 0 fully saturated rings. The number of carboxylic acids is 1. The van der Waals surface area contributed by atoms with Gasteiger partial charge in [-0.25, -0.2) is 0 Å². The number of amides is 2. The molecular weight excluding hydrogens is 302 g/mol. The monoisotopic (exact) mass is 323 g/mol. The van der Waals surface area contributed by atoms with Crippen LogP contribution in [0.4, 0.5) is 0 Å². The van der Waals surface area contributed by atoms with Crippen LogP contribution in [-0.2, 0) is 14.3 Å². The summed E-state index contributed by atoms with van der Waals surface area (Å²) in [5.74, 6) is -2.23. The van der Waals surface area contributed by atoms with Crippen LogP contribution in [-0.4, -0.2) is 49.2 Å². The van der Waals surface area contributed by atoms with Gasteiger partial charge in [0.1, 0.15) is 6.04 Å². The summed E-state index contributed by atoms with van der Waals surface area (Å²) in [6.07, 6.45) is -0.312. The molecule has 0 unspecified atom stereocenters. The molecule has 0 heterocycles. The van der Waals surface area contributed by atoms with Crippen molar-refractivity contribution in [2.75, 3.05) is 20.3 Å². The molecule has 1 aromatic rings. The molecule has 1 rings (SSSR count). The number of carbonyl (C=O) groups excluding carboxylic acids is 2. The quantitative estimate of drug-likeness (QED) is 0.390. The number of benzene rings is 1. The minimum absolute atomic E-state index is 0.302. The van der Waals surface area contributed by atoms with E-state index in [2.05, 4.69) is 16.2 Å². The Morgan fingerprint density at radius 2 is 1.83 bits per heavy atom. The van der Waals surface area contributed by atoms with Crippen molar-refractivity contribution in [2.45, 2.75) is 19.4 Å². The number of ether oxygens (including phenoxy) is 1. The Labute approximate surface area is 134 Å². The Kier molecular flexibility index (Phi) is 7.72. The Hall–Kier alpha value is -2.45. The highest BCUT2D eigenvalue weighted by Gasteiger charge is 2.20. The van der Waals surface area contributed by atoms with Crippen molar-refractivity contribution in [3.05, 3.63) is 35.4 Å². The van der Waals surface area contributed by atoms with Gasteiger partial charge in [-0.1, -0.05) is 17.7 Å². The molecule has 0 saturated carbocycles. The zero-order chi connectivity index (χ0) is 17.2. The lowest BCUT2D eigenvalue weighted by atomic mass is 10.1. The zero-order valence-corrected chi connectivity index (χ0v) is 13.1. The standard InChI is InChI=1S/C15H21N3O5/c1-10-3-5-11(6-4-10)14(20)18-17-13(19)9-12(15(21)22)16-7-8-23-2/h3-6,12,16H,7-9H2,1-2H3,(H,17,19)(H,18,20)(H,21,22)/t12-/m1/s1. The van der Waals surface area contributed by atoms with Gasteiger partial charge in [0.15, 0.2) is 0 Å². The van der Waals surface area contributed by atoms with E-state index in [1.165, 1.54) is 7.11 Å². The molecule has 0 aliphatic heterocycles. The van der Waals surface area contributed by atoms with Crippen LogP contribution in [0.15, 0.2) is 24.3 Å². The first-order valence-electron chi connectivity index (χ1n) is 7.05. The largest absolute Gasteiger partial charge is 0.480 e. The number of hydrogen-bond acceptors (Lipinski definition) is 5. The average molecular weight is 323 g/mol. The molecule has 1 atom stereocenters. The van der Waals surface area contributed by atoms with Crippen LogP contribution in [0.5, 0.6) is 0 Å². The molecule has 1 aromatic carbocycles. The molecule has 4 N–H and O–H groups in total. The van der Waals surface area contributed by atoms with Gasteiger partial charge in [0, 0.05) is 19.2 Å². The van der Waals surface area contributed by atoms with E-state index in [1.54, 1.807) is 24.3 Å². The molecule has 0 radical (unpaired) electrons. The van der Waals surface area contributed by atoms with Crippen LogP contribution in [0, 0.1) is 6.92 Å². The molecule has 126 valence electrons. The molecule has 0 aromatic heterocycles. The van der Waals surface area contributed by atoms with Gasteiger partial charge in [-0.05, 0) is 19.1 Å². The third-order valence-electron chi connectivity index (χ3n) is 3.01. The van der Waals surface area contributed by atoms with Crippen molar-refractivity contribution in [2.24, 2.45) is 0 Å². The number of rotatable bonds is 8. The fourth-order valence-electron chi connectivity index (χ4n) is 1.72. The Balaban J connectivity index is 2.43. The number of carbonyl (C=O) groups is 3. The summed E-state index contributed by atoms with van der Waals surface area (Å²) in [5.41, 5.74) is 5.85. The fraction of sp³-hybridized carbons (Fsp3) is 0.400. The molecule has 8 heteroatoms. The molecule has 23 heavy (non-hydrogen) atoms. The predicted molar refractivity (Wildman–Crippen MR) is 82.7 cm³/mol. The molecule has 0 aliphatic rings. The fourth-order valence-corrected chi connectivity index (χ4v) is 1.72. The average Bonchev–Trinajstić information content (AvgIpc) is 2.52. The van der Waals surface area contributed by atoms with Gasteiger partial charge in [0.25, 0.3) is 5.91 Å². The van der Waals surface area contributed by atoms with Gasteiger partial charge in [0.2, 0.25) is 5.91 Å². The highest BCUT2D eigenvalue weighted by atomic mass is 16.5. The predicted octanol–water partition coefficient (Wildman–Crippen LogP) is -0.165. The minimum Gasteiger partial charge on any atom is -0.480 e. The summed E-state index contributed by atoms with van der Waals surface area (Å²) < 4.78 is 4.80. The van der Waals surface area contributed by atoms with Gasteiger partial charge < -0.3 is 15.2 Å². The lowest BCUT2D eigenvalue weighted by Crippen LogP contribution is -2.47. The smallest absolute Gasteiger partial charge is 0.321 e. The van der Waals surface area contributed by atoms with Crippen LogP contribution in [0.3, 0.4) is 0 Å². The first kappa shape index (κ1) is 18.6. The van der Waals surface area contributed by atoms with Gasteiger partial charge >= 0.3 is 5.97 Å². The van der Waals surface area contributed by atoms with E-state index in [0.717, 1.165) is 5.56 Å². The second-order valence-corrected chi connectivity index (χ2v) is 4.91. The van der Waals surface area contributed by atoms with Crippen molar-refractivity contribution in [3.63, 3.8) is 0 Å². The van der Waals surface area contributed by atoms with Crippen molar-refractivity contribution in [1.82, 2.24) is 16.2 Å². The van der Waals surface area contributed by atoms with Crippen LogP contribution >= 0.6 is 0 Å². The van der Waals surface area contributed by atoms with E-state index in [0.29, 0.717) is 18.7 Å². The highest BCUT2D eigenvalue weighted by molar-refractivity contribution is 5.95. The Morgan fingerprint density at radius 1 is 1.17 bits per heavy atom. The second kappa shape index (κ2) is 9.54. The zero-order valence-electron chi connectivity index (χ0n) is 13.1. The third-order valence-corrected chi connectivity index (χ3v) is 3.01. The van der Waals surface area contributed by atoms with E-state index in [-0.39, 0.29) is 6.42 Å². The van der Waals surface area contributed by atoms with E-state index in [1.807, 2.05) is 6.92 Å². The van der Waals surface area contributed by atoms with Gasteiger partial charge in [-0.3, -0.25) is 25.2 Å². The van der Waals surface area contributed by atoms with Crippen molar-refractivity contribution in [1.29, 1.82) is 0 Å². The third kappa shape index (κ3) is 6.90. The molecular formula is C15H21N3O5. The molecule has 0 spiro atoms. The van der Waals surface area contributed by atoms with Crippen LogP contribution in [0.1, 0.15) is 22.3 Å². The Bertz CT molecular complexity index is 545. The van der Waals surface area contributed by atoms with Crippen molar-refractivity contribution in [3.8, 4) is 0 Å². The maximum Gasteiger partial charge on any atom is 0.321 e. The van der Waals surface area contributed by atoms with E-state index in [9.17, 15) is 14.4 Å². The molecule has 8 nitrogen and oxygen atoms in total. The van der Waals surface area contributed by atoms with Crippen LogP contribution in [0.25, 0.3) is 0 Å². The number of hydrazine groups is 1. The van der Waals surface area contributed by atoms with Gasteiger partial charge in [-0.15, -0.1) is 0 Å². The summed E-state index contributed by atoms with van der Waals surface area (Å²) in [7, 11) is 1.49. The molecule has 2 amide bonds. The summed E-state index contributed by atoms with van der Waals surface area (Å²) in [4.78, 5) is 34.6. The van der Waals surface area contributed by atoms with Gasteiger partial charge in [-0.2, -0.15) is 0 Å². The molecule has 0 aliphatic carbocycles. The normalized spacial score (nSPS) is 11.6. The van der Waals surface area contributed by atoms with Crippen molar-refractivity contribution >= 4 is 17.8 Å². The number of nitrogens with one attached hydrogen (secondary N) is 3. The topological polar surface area (TPSA) is 117 Å². The molecule has 0 saturated heterocycles. The van der Waals surface area contributed by atoms with E-state index >= 15 is 0 Å². The van der Waals surface area contributed by atoms with E-state index in [4.69, 9.17) is 9.84 Å². The number of aryl methyl sites for hydroxylation is 1. The van der Waals surface area contributed by atoms with Crippen molar-refractivity contribution < 1.29 is 24.2 Å². The summed E-state index contributed by atoms with van der Waals surface area (Å²) in [6, 6.07) is 5.75. The summed E-state index contributed by atoms with van der Waals surface area (Å²) in [6.45, 7) is 2.53. The highest BCUT2D eigenvalue weighted by Crippen LogP contribution is 2.02. The Morgan fingerprint density at radius 3 is 2.39 bits per heavy atom. The number of methoxy groups -OCH3 is 1. The number of aliphatic carboxylic acids is 1. The minimum atomic E-state index is -1.15. The first-order valence-corrected chi connectivity index (χ1v) is 7.05. The SMILES string of the molecule is COCCN[C@H](CC(=O)NNC(=O)c1ccc(C)cc1)C(=O)O. The van der Waals surface area contributed by atoms with E-state index < -0.39 is 23.8 Å². The van der Waals surface area contributed by atoms with Gasteiger partial charge in [0.05, 0.1) is 13.0 Å². The second-order valence-electron chi connectivity index (χ2n) is 4.91. The number of carboxylic acid groups (broad SMARTS) is 1. The number of hydrogen-bond donors (Lipinski definition) is 4. The lowest BCUT2D eigenvalue weighted by Gasteiger charge is -2.14. The first-order chi connectivity index (χ1) is 10.9. The lowest BCUT2D eigenvalue weighted by molar-refractivity contribution is -0.141. The van der Waals surface area contributed by atoms with Crippen LogP contribution < -0.4 is 16.2 Å². The maximum atomic E-state index is 11.8. The molecule has 0 bridgehead atoms. The maximum absolute atomic E-state index is 11.8. The summed E-state index contributed by atoms with van der Waals surface area (Å²) >= 11 is 0. The summed E-state index contributed by atoms with van der Waals surface area (Å²) in [5, 5.41) is 11.7.